The zero-order valence-corrected chi connectivity index (χ0v) is 14.4. The number of para-hydroxylation sites is 1. The van der Waals surface area contributed by atoms with Crippen LogP contribution in [0, 0.1) is 11.6 Å². The maximum atomic E-state index is 13.5. The van der Waals surface area contributed by atoms with Crippen molar-refractivity contribution in [3.8, 4) is 0 Å². The SMILES string of the molecule is CCCCNc1ccccc1C(=O)OCC(=O)Nc1cc(F)ccc1F. The van der Waals surface area contributed by atoms with Crippen molar-refractivity contribution >= 4 is 23.3 Å². The first-order chi connectivity index (χ1) is 12.5. The van der Waals surface area contributed by atoms with Crippen LogP contribution < -0.4 is 10.6 Å². The third kappa shape index (κ3) is 5.54. The average molecular weight is 362 g/mol. The first kappa shape index (κ1) is 19.4. The molecule has 0 aliphatic rings. The maximum absolute atomic E-state index is 13.5. The number of unbranched alkanes of at least 4 members (excludes halogenated alkanes) is 1. The van der Waals surface area contributed by atoms with E-state index < -0.39 is 30.1 Å². The molecule has 2 aromatic rings. The minimum Gasteiger partial charge on any atom is -0.452 e. The lowest BCUT2D eigenvalue weighted by molar-refractivity contribution is -0.119. The molecular weight excluding hydrogens is 342 g/mol. The van der Waals surface area contributed by atoms with Gasteiger partial charge in [0.2, 0.25) is 0 Å². The van der Waals surface area contributed by atoms with E-state index in [1.54, 1.807) is 24.3 Å². The Morgan fingerprint density at radius 3 is 2.62 bits per heavy atom. The van der Waals surface area contributed by atoms with Crippen LogP contribution in [0.2, 0.25) is 0 Å². The summed E-state index contributed by atoms with van der Waals surface area (Å²) in [6.45, 7) is 2.15. The zero-order chi connectivity index (χ0) is 18.9. The summed E-state index contributed by atoms with van der Waals surface area (Å²) in [4.78, 5) is 24.0. The molecule has 2 N–H and O–H groups in total. The first-order valence-corrected chi connectivity index (χ1v) is 8.26. The lowest BCUT2D eigenvalue weighted by Crippen LogP contribution is -2.22. The monoisotopic (exact) mass is 362 g/mol. The number of anilines is 2. The molecule has 2 aromatic carbocycles. The van der Waals surface area contributed by atoms with Crippen LogP contribution in [0.15, 0.2) is 42.5 Å². The molecule has 0 atom stereocenters. The van der Waals surface area contributed by atoms with Gasteiger partial charge < -0.3 is 15.4 Å². The van der Waals surface area contributed by atoms with E-state index in [4.69, 9.17) is 4.74 Å². The largest absolute Gasteiger partial charge is 0.452 e. The molecule has 0 saturated carbocycles. The van der Waals surface area contributed by atoms with Crippen molar-refractivity contribution in [1.82, 2.24) is 0 Å². The molecule has 5 nitrogen and oxygen atoms in total. The van der Waals surface area contributed by atoms with Crippen molar-refractivity contribution < 1.29 is 23.1 Å². The molecule has 0 fully saturated rings. The van der Waals surface area contributed by atoms with Gasteiger partial charge in [0.25, 0.3) is 5.91 Å². The normalized spacial score (nSPS) is 10.3. The van der Waals surface area contributed by atoms with Crippen molar-refractivity contribution in [1.29, 1.82) is 0 Å². The summed E-state index contributed by atoms with van der Waals surface area (Å²) >= 11 is 0. The van der Waals surface area contributed by atoms with Crippen molar-refractivity contribution in [2.24, 2.45) is 0 Å². The summed E-state index contributed by atoms with van der Waals surface area (Å²) in [6, 6.07) is 9.48. The van der Waals surface area contributed by atoms with E-state index in [1.165, 1.54) is 0 Å². The number of hydrogen-bond acceptors (Lipinski definition) is 4. The molecule has 7 heteroatoms. The van der Waals surface area contributed by atoms with Gasteiger partial charge in [-0.3, -0.25) is 4.79 Å². The van der Waals surface area contributed by atoms with Crippen LogP contribution >= 0.6 is 0 Å². The Balaban J connectivity index is 1.94. The Morgan fingerprint density at radius 2 is 1.85 bits per heavy atom. The molecule has 1 amide bonds. The standard InChI is InChI=1S/C19H20F2N2O3/c1-2-3-10-22-16-7-5-4-6-14(16)19(25)26-12-18(24)23-17-11-13(20)8-9-15(17)21/h4-9,11,22H,2-3,10,12H2,1H3,(H,23,24). The van der Waals surface area contributed by atoms with E-state index in [0.717, 1.165) is 31.0 Å². The molecule has 0 spiro atoms. The first-order valence-electron chi connectivity index (χ1n) is 8.26. The van der Waals surface area contributed by atoms with E-state index in [9.17, 15) is 18.4 Å². The zero-order valence-electron chi connectivity index (χ0n) is 14.4. The summed E-state index contributed by atoms with van der Waals surface area (Å²) in [5.74, 6) is -2.92. The van der Waals surface area contributed by atoms with Gasteiger partial charge in [0.1, 0.15) is 11.6 Å². The van der Waals surface area contributed by atoms with Crippen LogP contribution in [0.3, 0.4) is 0 Å². The fraction of sp³-hybridized carbons (Fsp3) is 0.263. The molecule has 2 rings (SSSR count). The van der Waals surface area contributed by atoms with E-state index >= 15 is 0 Å². The lowest BCUT2D eigenvalue weighted by Gasteiger charge is -2.11. The number of amides is 1. The smallest absolute Gasteiger partial charge is 0.340 e. The van der Waals surface area contributed by atoms with E-state index in [-0.39, 0.29) is 5.69 Å². The molecule has 26 heavy (non-hydrogen) atoms. The van der Waals surface area contributed by atoms with Gasteiger partial charge in [-0.15, -0.1) is 0 Å². The lowest BCUT2D eigenvalue weighted by atomic mass is 10.1. The van der Waals surface area contributed by atoms with Crippen LogP contribution in [-0.2, 0) is 9.53 Å². The predicted molar refractivity (Wildman–Crippen MR) is 95.1 cm³/mol. The van der Waals surface area contributed by atoms with E-state index in [0.29, 0.717) is 17.8 Å². The van der Waals surface area contributed by atoms with Crippen LogP contribution in [0.25, 0.3) is 0 Å². The molecule has 0 bridgehead atoms. The number of rotatable bonds is 8. The van der Waals surface area contributed by atoms with Gasteiger partial charge >= 0.3 is 5.97 Å². The van der Waals surface area contributed by atoms with Crippen LogP contribution in [0.4, 0.5) is 20.2 Å². The van der Waals surface area contributed by atoms with Gasteiger partial charge in [0.15, 0.2) is 6.61 Å². The highest BCUT2D eigenvalue weighted by Crippen LogP contribution is 2.17. The van der Waals surface area contributed by atoms with Gasteiger partial charge in [-0.25, -0.2) is 13.6 Å². The highest BCUT2D eigenvalue weighted by molar-refractivity contribution is 5.98. The summed E-state index contributed by atoms with van der Waals surface area (Å²) in [6.07, 6.45) is 1.96. The van der Waals surface area contributed by atoms with E-state index in [1.807, 2.05) is 0 Å². The van der Waals surface area contributed by atoms with Crippen LogP contribution in [0.5, 0.6) is 0 Å². The molecule has 0 aromatic heterocycles. The molecule has 0 aliphatic carbocycles. The second-order valence-electron chi connectivity index (χ2n) is 5.57. The second-order valence-corrected chi connectivity index (χ2v) is 5.57. The molecule has 138 valence electrons. The number of esters is 1. The van der Waals surface area contributed by atoms with Crippen molar-refractivity contribution in [2.45, 2.75) is 19.8 Å². The fourth-order valence-corrected chi connectivity index (χ4v) is 2.20. The topological polar surface area (TPSA) is 67.4 Å². The number of hydrogen-bond donors (Lipinski definition) is 2. The highest BCUT2D eigenvalue weighted by atomic mass is 19.1. The van der Waals surface area contributed by atoms with E-state index in [2.05, 4.69) is 17.6 Å². The van der Waals surface area contributed by atoms with Crippen molar-refractivity contribution in [3.63, 3.8) is 0 Å². The number of ether oxygens (including phenoxy) is 1. The molecule has 0 aliphatic heterocycles. The molecule has 0 radical (unpaired) electrons. The Labute approximate surface area is 150 Å². The number of carbonyl (C=O) groups is 2. The summed E-state index contributed by atoms with van der Waals surface area (Å²) < 4.78 is 31.6. The van der Waals surface area contributed by atoms with Gasteiger partial charge in [0.05, 0.1) is 11.3 Å². The van der Waals surface area contributed by atoms with Crippen LogP contribution in [0.1, 0.15) is 30.1 Å². The molecular formula is C19H20F2N2O3. The Hall–Kier alpha value is -2.96. The summed E-state index contributed by atoms with van der Waals surface area (Å²) in [7, 11) is 0. The van der Waals surface area contributed by atoms with Crippen LogP contribution in [-0.4, -0.2) is 25.0 Å². The minimum absolute atomic E-state index is 0.299. The van der Waals surface area contributed by atoms with Gasteiger partial charge in [0, 0.05) is 18.3 Å². The maximum Gasteiger partial charge on any atom is 0.340 e. The number of carbonyl (C=O) groups excluding carboxylic acids is 2. The minimum atomic E-state index is -0.781. The quantitative estimate of drug-likeness (QED) is 0.551. The van der Waals surface area contributed by atoms with Crippen molar-refractivity contribution in [3.05, 3.63) is 59.7 Å². The molecule has 0 saturated heterocycles. The fourth-order valence-electron chi connectivity index (χ4n) is 2.20. The Bertz CT molecular complexity index is 781. The predicted octanol–water partition coefficient (Wildman–Crippen LogP) is 3.97. The second kappa shape index (κ2) is 9.50. The number of benzene rings is 2. The average Bonchev–Trinajstić information content (AvgIpc) is 2.63. The number of halogens is 2. The summed E-state index contributed by atoms with van der Waals surface area (Å²) in [5, 5.41) is 5.31. The Morgan fingerprint density at radius 1 is 1.08 bits per heavy atom. The number of nitrogens with one attached hydrogen (secondary N) is 2. The third-order valence-electron chi connectivity index (χ3n) is 3.53. The van der Waals surface area contributed by atoms with Gasteiger partial charge in [-0.1, -0.05) is 25.5 Å². The summed E-state index contributed by atoms with van der Waals surface area (Å²) in [5.41, 5.74) is 0.601. The Kier molecular flexibility index (Phi) is 7.08. The van der Waals surface area contributed by atoms with Gasteiger partial charge in [-0.2, -0.15) is 0 Å². The molecule has 0 heterocycles. The van der Waals surface area contributed by atoms with Crippen molar-refractivity contribution in [2.75, 3.05) is 23.8 Å². The highest BCUT2D eigenvalue weighted by Gasteiger charge is 2.15. The van der Waals surface area contributed by atoms with Gasteiger partial charge in [-0.05, 0) is 30.7 Å². The third-order valence-corrected chi connectivity index (χ3v) is 3.53. The molecule has 0 unspecified atom stereocenters.